The number of halogens is 1. The van der Waals surface area contributed by atoms with E-state index in [4.69, 9.17) is 4.74 Å². The molecule has 2 unspecified atom stereocenters. The fraction of sp³-hybridized carbons (Fsp3) is 0.316. The van der Waals surface area contributed by atoms with Crippen molar-refractivity contribution in [3.63, 3.8) is 0 Å². The molecule has 116 valence electrons. The summed E-state index contributed by atoms with van der Waals surface area (Å²) in [7, 11) is 0. The van der Waals surface area contributed by atoms with Gasteiger partial charge in [0.15, 0.2) is 0 Å². The van der Waals surface area contributed by atoms with Crippen LogP contribution in [0.25, 0.3) is 0 Å². The van der Waals surface area contributed by atoms with Gasteiger partial charge in [-0.3, -0.25) is 4.79 Å². The van der Waals surface area contributed by atoms with E-state index in [0.29, 0.717) is 0 Å². The normalized spacial score (nSPS) is 13.4. The molecule has 22 heavy (non-hydrogen) atoms. The Bertz CT molecular complexity index is 610. The van der Waals surface area contributed by atoms with Crippen LogP contribution in [0.1, 0.15) is 47.9 Å². The summed E-state index contributed by atoms with van der Waals surface area (Å²) in [5, 5.41) is 0. The number of esters is 1. The molecule has 3 heteroatoms. The Morgan fingerprint density at radius 2 is 1.77 bits per heavy atom. The summed E-state index contributed by atoms with van der Waals surface area (Å²) in [6.07, 6.45) is 1.85. The van der Waals surface area contributed by atoms with E-state index in [9.17, 15) is 4.79 Å². The van der Waals surface area contributed by atoms with Gasteiger partial charge >= 0.3 is 5.97 Å². The number of rotatable bonds is 6. The van der Waals surface area contributed by atoms with Crippen molar-refractivity contribution in [3.8, 4) is 0 Å². The van der Waals surface area contributed by atoms with Crippen molar-refractivity contribution in [2.24, 2.45) is 0 Å². The number of carbonyl (C=O) groups is 1. The van der Waals surface area contributed by atoms with Crippen molar-refractivity contribution in [2.75, 3.05) is 0 Å². The molecule has 0 spiro atoms. The maximum Gasteiger partial charge on any atom is 0.324 e. The lowest BCUT2D eigenvalue weighted by Gasteiger charge is -2.17. The minimum atomic E-state index is -0.435. The highest BCUT2D eigenvalue weighted by Gasteiger charge is 2.21. The van der Waals surface area contributed by atoms with E-state index in [2.05, 4.69) is 35.0 Å². The SMILES string of the molecule is CCCc1cccc(C(Br)C(=O)OC(C)c2ccccc2)c1. The first-order chi connectivity index (χ1) is 10.6. The molecule has 0 bridgehead atoms. The molecule has 0 amide bonds. The maximum absolute atomic E-state index is 12.3. The second-order valence-electron chi connectivity index (χ2n) is 5.35. The summed E-state index contributed by atoms with van der Waals surface area (Å²) in [5.41, 5.74) is 3.18. The Morgan fingerprint density at radius 3 is 2.45 bits per heavy atom. The van der Waals surface area contributed by atoms with Crippen LogP contribution >= 0.6 is 15.9 Å². The largest absolute Gasteiger partial charge is 0.457 e. The van der Waals surface area contributed by atoms with Gasteiger partial charge in [-0.2, -0.15) is 0 Å². The van der Waals surface area contributed by atoms with Crippen molar-refractivity contribution in [2.45, 2.75) is 37.6 Å². The van der Waals surface area contributed by atoms with Crippen LogP contribution in [-0.2, 0) is 16.0 Å². The van der Waals surface area contributed by atoms with Gasteiger partial charge < -0.3 is 4.74 Å². The monoisotopic (exact) mass is 360 g/mol. The smallest absolute Gasteiger partial charge is 0.324 e. The molecule has 0 radical (unpaired) electrons. The zero-order valence-electron chi connectivity index (χ0n) is 13.0. The third-order valence-corrected chi connectivity index (χ3v) is 4.45. The molecular formula is C19H21BrO2. The summed E-state index contributed by atoms with van der Waals surface area (Å²) in [4.78, 5) is 11.9. The minimum absolute atomic E-state index is 0.257. The summed E-state index contributed by atoms with van der Waals surface area (Å²) < 4.78 is 5.57. The van der Waals surface area contributed by atoms with Crippen LogP contribution in [0, 0.1) is 0 Å². The average Bonchev–Trinajstić information content (AvgIpc) is 2.55. The Kier molecular flexibility index (Phi) is 6.20. The van der Waals surface area contributed by atoms with E-state index in [1.54, 1.807) is 0 Å². The van der Waals surface area contributed by atoms with Gasteiger partial charge in [-0.05, 0) is 30.0 Å². The Morgan fingerprint density at radius 1 is 1.09 bits per heavy atom. The fourth-order valence-electron chi connectivity index (χ4n) is 2.36. The van der Waals surface area contributed by atoms with E-state index >= 15 is 0 Å². The Balaban J connectivity index is 2.04. The van der Waals surface area contributed by atoms with E-state index in [0.717, 1.165) is 24.0 Å². The molecule has 0 aromatic heterocycles. The molecule has 2 nitrogen and oxygen atoms in total. The van der Waals surface area contributed by atoms with Gasteiger partial charge in [-0.15, -0.1) is 0 Å². The van der Waals surface area contributed by atoms with E-state index in [-0.39, 0.29) is 12.1 Å². The van der Waals surface area contributed by atoms with Crippen molar-refractivity contribution >= 4 is 21.9 Å². The molecule has 2 aromatic carbocycles. The van der Waals surface area contributed by atoms with Crippen molar-refractivity contribution in [1.29, 1.82) is 0 Å². The van der Waals surface area contributed by atoms with Crippen LogP contribution in [0.5, 0.6) is 0 Å². The number of carbonyl (C=O) groups excluding carboxylic acids is 1. The van der Waals surface area contributed by atoms with Gasteiger partial charge in [-0.1, -0.05) is 83.9 Å². The van der Waals surface area contributed by atoms with Gasteiger partial charge in [0.2, 0.25) is 0 Å². The number of hydrogen-bond acceptors (Lipinski definition) is 2. The summed E-state index contributed by atoms with van der Waals surface area (Å²) in [5.74, 6) is -0.259. The third-order valence-electron chi connectivity index (χ3n) is 3.55. The van der Waals surface area contributed by atoms with Crippen LogP contribution < -0.4 is 0 Å². The molecule has 2 atom stereocenters. The highest BCUT2D eigenvalue weighted by atomic mass is 79.9. The van der Waals surface area contributed by atoms with Gasteiger partial charge in [-0.25, -0.2) is 0 Å². The molecule has 0 aliphatic heterocycles. The molecule has 0 aliphatic carbocycles. The van der Waals surface area contributed by atoms with E-state index in [1.165, 1.54) is 5.56 Å². The zero-order valence-corrected chi connectivity index (χ0v) is 14.5. The molecule has 0 heterocycles. The first-order valence-corrected chi connectivity index (χ1v) is 8.51. The number of aryl methyl sites for hydroxylation is 1. The molecule has 0 saturated carbocycles. The molecule has 0 fully saturated rings. The maximum atomic E-state index is 12.3. The molecular weight excluding hydrogens is 340 g/mol. The fourth-order valence-corrected chi connectivity index (χ4v) is 2.75. The average molecular weight is 361 g/mol. The van der Waals surface area contributed by atoms with Crippen LogP contribution in [0.3, 0.4) is 0 Å². The highest BCUT2D eigenvalue weighted by molar-refractivity contribution is 9.09. The highest BCUT2D eigenvalue weighted by Crippen LogP contribution is 2.28. The predicted octanol–water partition coefficient (Wildman–Crippen LogP) is 5.38. The first-order valence-electron chi connectivity index (χ1n) is 7.60. The van der Waals surface area contributed by atoms with Crippen LogP contribution in [-0.4, -0.2) is 5.97 Å². The minimum Gasteiger partial charge on any atom is -0.457 e. The predicted molar refractivity (Wildman–Crippen MR) is 93.1 cm³/mol. The van der Waals surface area contributed by atoms with Crippen molar-refractivity contribution < 1.29 is 9.53 Å². The molecule has 2 aromatic rings. The third kappa shape index (κ3) is 4.44. The first kappa shape index (κ1) is 16.8. The van der Waals surface area contributed by atoms with Gasteiger partial charge in [0.05, 0.1) is 0 Å². The van der Waals surface area contributed by atoms with Gasteiger partial charge in [0.1, 0.15) is 10.9 Å². The second kappa shape index (κ2) is 8.14. The molecule has 0 saturated heterocycles. The number of benzene rings is 2. The summed E-state index contributed by atoms with van der Waals surface area (Å²) in [6, 6.07) is 17.9. The lowest BCUT2D eigenvalue weighted by molar-refractivity contribution is -0.147. The zero-order chi connectivity index (χ0) is 15.9. The van der Waals surface area contributed by atoms with Crippen LogP contribution in [0.15, 0.2) is 54.6 Å². The number of ether oxygens (including phenoxy) is 1. The lowest BCUT2D eigenvalue weighted by atomic mass is 10.0. The number of alkyl halides is 1. The molecule has 2 rings (SSSR count). The topological polar surface area (TPSA) is 26.3 Å². The molecule has 0 aliphatic rings. The standard InChI is InChI=1S/C19H21BrO2/c1-3-8-15-9-7-12-17(13-15)18(20)19(21)22-14(2)16-10-5-4-6-11-16/h4-7,9-14,18H,3,8H2,1-2H3. The summed E-state index contributed by atoms with van der Waals surface area (Å²) in [6.45, 7) is 4.04. The van der Waals surface area contributed by atoms with Crippen molar-refractivity contribution in [3.05, 3.63) is 71.3 Å². The van der Waals surface area contributed by atoms with E-state index in [1.807, 2.05) is 49.4 Å². The number of hydrogen-bond donors (Lipinski definition) is 0. The Hall–Kier alpha value is -1.61. The quantitative estimate of drug-likeness (QED) is 0.510. The van der Waals surface area contributed by atoms with Gasteiger partial charge in [0, 0.05) is 0 Å². The van der Waals surface area contributed by atoms with Crippen LogP contribution in [0.2, 0.25) is 0 Å². The molecule has 0 N–H and O–H groups in total. The van der Waals surface area contributed by atoms with E-state index < -0.39 is 4.83 Å². The van der Waals surface area contributed by atoms with Crippen LogP contribution in [0.4, 0.5) is 0 Å². The van der Waals surface area contributed by atoms with Crippen molar-refractivity contribution in [1.82, 2.24) is 0 Å². The van der Waals surface area contributed by atoms with Gasteiger partial charge in [0.25, 0.3) is 0 Å². The Labute approximate surface area is 140 Å². The lowest BCUT2D eigenvalue weighted by Crippen LogP contribution is -2.14. The summed E-state index contributed by atoms with van der Waals surface area (Å²) >= 11 is 3.46. The second-order valence-corrected chi connectivity index (χ2v) is 6.26.